The molecular formula is C18H20N2O4. The molecule has 0 aliphatic heterocycles. The average molecular weight is 328 g/mol. The Balaban J connectivity index is 2.03. The van der Waals surface area contributed by atoms with Crippen molar-refractivity contribution in [2.24, 2.45) is 5.10 Å². The molecule has 0 saturated carbocycles. The van der Waals surface area contributed by atoms with Gasteiger partial charge >= 0.3 is 6.09 Å². The van der Waals surface area contributed by atoms with Crippen molar-refractivity contribution in [3.63, 3.8) is 0 Å². The van der Waals surface area contributed by atoms with Gasteiger partial charge in [0.15, 0.2) is 11.5 Å². The first-order valence-electron chi connectivity index (χ1n) is 7.53. The van der Waals surface area contributed by atoms with Gasteiger partial charge in [0.25, 0.3) is 0 Å². The van der Waals surface area contributed by atoms with Crippen LogP contribution in [-0.4, -0.2) is 26.0 Å². The van der Waals surface area contributed by atoms with Crippen LogP contribution in [0.15, 0.2) is 53.6 Å². The normalized spacial score (nSPS) is 10.4. The van der Waals surface area contributed by atoms with E-state index in [0.717, 1.165) is 11.1 Å². The van der Waals surface area contributed by atoms with E-state index in [9.17, 15) is 4.79 Å². The lowest BCUT2D eigenvalue weighted by molar-refractivity contribution is 0.152. The van der Waals surface area contributed by atoms with Crippen LogP contribution in [0, 0.1) is 0 Å². The van der Waals surface area contributed by atoms with Gasteiger partial charge in [0.05, 0.1) is 19.9 Å². The van der Waals surface area contributed by atoms with Crippen LogP contribution >= 0.6 is 0 Å². The maximum absolute atomic E-state index is 11.2. The molecule has 0 spiro atoms. The van der Waals surface area contributed by atoms with Crippen LogP contribution in [0.2, 0.25) is 0 Å². The molecule has 0 radical (unpaired) electrons. The zero-order valence-corrected chi connectivity index (χ0v) is 13.7. The monoisotopic (exact) mass is 328 g/mol. The smallest absolute Gasteiger partial charge is 0.427 e. The zero-order chi connectivity index (χ0) is 17.2. The molecule has 2 aromatic carbocycles. The summed E-state index contributed by atoms with van der Waals surface area (Å²) in [6.07, 6.45) is 0.911. The summed E-state index contributed by atoms with van der Waals surface area (Å²) in [6.45, 7) is 2.45. The molecule has 2 rings (SSSR count). The van der Waals surface area contributed by atoms with Crippen molar-refractivity contribution in [2.75, 3.05) is 13.7 Å². The van der Waals surface area contributed by atoms with Gasteiger partial charge in [-0.15, -0.1) is 0 Å². The summed E-state index contributed by atoms with van der Waals surface area (Å²) in [5.74, 6) is 1.22. The fourth-order valence-electron chi connectivity index (χ4n) is 1.94. The Bertz CT molecular complexity index is 687. The fraction of sp³-hybridized carbons (Fsp3) is 0.222. The minimum atomic E-state index is -0.595. The van der Waals surface area contributed by atoms with Gasteiger partial charge in [0.2, 0.25) is 0 Å². The number of nitrogens with one attached hydrogen (secondary N) is 1. The Morgan fingerprint density at radius 1 is 1.17 bits per heavy atom. The summed E-state index contributed by atoms with van der Waals surface area (Å²) >= 11 is 0. The predicted molar refractivity (Wildman–Crippen MR) is 91.5 cm³/mol. The number of benzene rings is 2. The molecule has 0 unspecified atom stereocenters. The Kier molecular flexibility index (Phi) is 6.64. The number of hydrogen-bond acceptors (Lipinski definition) is 5. The molecule has 0 bridgehead atoms. The van der Waals surface area contributed by atoms with Gasteiger partial charge in [-0.05, 0) is 36.2 Å². The van der Waals surface area contributed by atoms with E-state index in [0.29, 0.717) is 24.7 Å². The van der Waals surface area contributed by atoms with Crippen molar-refractivity contribution < 1.29 is 19.0 Å². The quantitative estimate of drug-likeness (QED) is 0.625. The molecule has 0 fully saturated rings. The topological polar surface area (TPSA) is 69.2 Å². The number of ether oxygens (including phenoxy) is 3. The number of methoxy groups -OCH3 is 1. The van der Waals surface area contributed by atoms with Crippen LogP contribution in [0.4, 0.5) is 4.79 Å². The van der Waals surface area contributed by atoms with Gasteiger partial charge in [-0.2, -0.15) is 5.10 Å². The third-order valence-corrected chi connectivity index (χ3v) is 3.07. The molecule has 0 aliphatic rings. The van der Waals surface area contributed by atoms with E-state index >= 15 is 0 Å². The lowest BCUT2D eigenvalue weighted by Gasteiger charge is -2.11. The molecule has 6 heteroatoms. The Morgan fingerprint density at radius 3 is 2.67 bits per heavy atom. The van der Waals surface area contributed by atoms with E-state index < -0.39 is 6.09 Å². The van der Waals surface area contributed by atoms with Gasteiger partial charge in [-0.1, -0.05) is 30.3 Å². The third-order valence-electron chi connectivity index (χ3n) is 3.07. The molecule has 6 nitrogen and oxygen atoms in total. The maximum atomic E-state index is 11.2. The summed E-state index contributed by atoms with van der Waals surface area (Å²) in [5.41, 5.74) is 4.09. The molecule has 0 atom stereocenters. The number of carbonyl (C=O) groups excluding carboxylic acids is 1. The predicted octanol–water partition coefficient (Wildman–Crippen LogP) is 3.35. The van der Waals surface area contributed by atoms with Gasteiger partial charge < -0.3 is 14.2 Å². The zero-order valence-electron chi connectivity index (χ0n) is 13.7. The molecule has 2 aromatic rings. The molecular weight excluding hydrogens is 308 g/mol. The van der Waals surface area contributed by atoms with Crippen molar-refractivity contribution >= 4 is 12.3 Å². The Hall–Kier alpha value is -3.02. The summed E-state index contributed by atoms with van der Waals surface area (Å²) < 4.78 is 15.8. The number of hydrogen-bond donors (Lipinski definition) is 1. The van der Waals surface area contributed by atoms with Gasteiger partial charge in [0, 0.05) is 0 Å². The largest absolute Gasteiger partial charge is 0.493 e. The highest BCUT2D eigenvalue weighted by molar-refractivity contribution is 5.82. The SMILES string of the molecule is CCOC(=O)N/N=C/c1ccc(OC)c(OCc2ccccc2)c1. The van der Waals surface area contributed by atoms with E-state index in [1.807, 2.05) is 36.4 Å². The molecule has 0 aromatic heterocycles. The summed E-state index contributed by atoms with van der Waals surface area (Å²) in [6, 6.07) is 15.2. The van der Waals surface area contributed by atoms with Crippen molar-refractivity contribution in [3.8, 4) is 11.5 Å². The van der Waals surface area contributed by atoms with Gasteiger partial charge in [-0.25, -0.2) is 10.2 Å². The van der Waals surface area contributed by atoms with Crippen molar-refractivity contribution in [2.45, 2.75) is 13.5 Å². The summed E-state index contributed by atoms with van der Waals surface area (Å²) in [4.78, 5) is 11.2. The molecule has 1 N–H and O–H groups in total. The van der Waals surface area contributed by atoms with Crippen LogP contribution in [0.3, 0.4) is 0 Å². The molecule has 126 valence electrons. The van der Waals surface area contributed by atoms with Crippen molar-refractivity contribution in [1.29, 1.82) is 0 Å². The molecule has 0 aliphatic carbocycles. The highest BCUT2D eigenvalue weighted by Crippen LogP contribution is 2.28. The average Bonchev–Trinajstić information content (AvgIpc) is 2.61. The molecule has 0 saturated heterocycles. The first-order chi connectivity index (χ1) is 11.7. The molecule has 1 amide bonds. The summed E-state index contributed by atoms with van der Waals surface area (Å²) in [5, 5.41) is 3.83. The second-order valence-electron chi connectivity index (χ2n) is 4.78. The van der Waals surface area contributed by atoms with E-state index in [-0.39, 0.29) is 0 Å². The first-order valence-corrected chi connectivity index (χ1v) is 7.53. The minimum absolute atomic E-state index is 0.293. The van der Waals surface area contributed by atoms with Crippen LogP contribution in [0.5, 0.6) is 11.5 Å². The van der Waals surface area contributed by atoms with Crippen molar-refractivity contribution in [3.05, 3.63) is 59.7 Å². The second kappa shape index (κ2) is 9.19. The van der Waals surface area contributed by atoms with Crippen LogP contribution < -0.4 is 14.9 Å². The van der Waals surface area contributed by atoms with Crippen LogP contribution in [-0.2, 0) is 11.3 Å². The number of nitrogens with zero attached hydrogens (tertiary/aromatic N) is 1. The fourth-order valence-corrected chi connectivity index (χ4v) is 1.94. The molecule has 24 heavy (non-hydrogen) atoms. The molecule has 0 heterocycles. The van der Waals surface area contributed by atoms with E-state index in [1.54, 1.807) is 26.2 Å². The number of amides is 1. The van der Waals surface area contributed by atoms with E-state index in [2.05, 4.69) is 10.5 Å². The Morgan fingerprint density at radius 2 is 1.96 bits per heavy atom. The maximum Gasteiger partial charge on any atom is 0.427 e. The Labute approximate surface area is 141 Å². The summed E-state index contributed by atoms with van der Waals surface area (Å²) in [7, 11) is 1.58. The van der Waals surface area contributed by atoms with Gasteiger partial charge in [-0.3, -0.25) is 0 Å². The second-order valence-corrected chi connectivity index (χ2v) is 4.78. The lowest BCUT2D eigenvalue weighted by atomic mass is 10.2. The lowest BCUT2D eigenvalue weighted by Crippen LogP contribution is -2.18. The number of hydrazone groups is 1. The van der Waals surface area contributed by atoms with E-state index in [1.165, 1.54) is 6.21 Å². The van der Waals surface area contributed by atoms with Gasteiger partial charge in [0.1, 0.15) is 6.61 Å². The number of carbonyl (C=O) groups is 1. The third kappa shape index (κ3) is 5.31. The highest BCUT2D eigenvalue weighted by Gasteiger charge is 2.06. The highest BCUT2D eigenvalue weighted by atomic mass is 16.5. The standard InChI is InChI=1S/C18H20N2O4/c1-3-23-18(21)20-19-12-15-9-10-16(22-2)17(11-15)24-13-14-7-5-4-6-8-14/h4-12H,3,13H2,1-2H3,(H,20,21)/b19-12+. The van der Waals surface area contributed by atoms with Crippen LogP contribution in [0.25, 0.3) is 0 Å². The number of rotatable bonds is 7. The van der Waals surface area contributed by atoms with Crippen LogP contribution in [0.1, 0.15) is 18.1 Å². The first kappa shape index (κ1) is 17.3. The van der Waals surface area contributed by atoms with E-state index in [4.69, 9.17) is 14.2 Å². The minimum Gasteiger partial charge on any atom is -0.493 e. The van der Waals surface area contributed by atoms with Crippen molar-refractivity contribution in [1.82, 2.24) is 5.43 Å².